The topological polar surface area (TPSA) is 85.1 Å². The van der Waals surface area contributed by atoms with Crippen molar-refractivity contribution < 1.29 is 9.59 Å². The Balaban J connectivity index is 2.23. The molecule has 0 fully saturated rings. The van der Waals surface area contributed by atoms with Crippen molar-refractivity contribution in [3.8, 4) is 0 Å². The molecule has 0 aliphatic heterocycles. The summed E-state index contributed by atoms with van der Waals surface area (Å²) >= 11 is 0. The van der Waals surface area contributed by atoms with Gasteiger partial charge in [-0.2, -0.15) is 0 Å². The van der Waals surface area contributed by atoms with Crippen molar-refractivity contribution >= 4 is 22.7 Å². The van der Waals surface area contributed by atoms with Gasteiger partial charge in [0, 0.05) is 5.39 Å². The number of primary amides is 1. The van der Waals surface area contributed by atoms with Crippen LogP contribution in [0.25, 0.3) is 10.9 Å². The van der Waals surface area contributed by atoms with E-state index in [1.54, 1.807) is 6.07 Å². The van der Waals surface area contributed by atoms with Crippen LogP contribution < -0.4 is 11.1 Å². The number of fused-ring (bicyclic) bond motifs is 1. The van der Waals surface area contributed by atoms with Gasteiger partial charge in [0.1, 0.15) is 11.7 Å². The number of nitrogens with two attached hydrogens (primary N) is 1. The fourth-order valence-corrected chi connectivity index (χ4v) is 2.14. The highest BCUT2D eigenvalue weighted by Crippen LogP contribution is 2.13. The maximum atomic E-state index is 12.2. The minimum atomic E-state index is -0.684. The zero-order valence-corrected chi connectivity index (χ0v) is 12.2. The molecular weight excluding hydrogens is 266 g/mol. The number of hydrogen-bond acceptors (Lipinski definition) is 3. The van der Waals surface area contributed by atoms with Crippen LogP contribution in [0.5, 0.6) is 0 Å². The predicted octanol–water partition coefficient (Wildman–Crippen LogP) is 1.86. The van der Waals surface area contributed by atoms with Gasteiger partial charge < -0.3 is 11.1 Å². The lowest BCUT2D eigenvalue weighted by Gasteiger charge is -2.20. The van der Waals surface area contributed by atoms with E-state index < -0.39 is 11.9 Å². The highest BCUT2D eigenvalue weighted by atomic mass is 16.2. The molecule has 1 aromatic carbocycles. The smallest absolute Gasteiger partial charge is 0.270 e. The number of carbonyl (C=O) groups is 2. The van der Waals surface area contributed by atoms with Gasteiger partial charge in [0.05, 0.1) is 5.52 Å². The van der Waals surface area contributed by atoms with Gasteiger partial charge in [-0.15, -0.1) is 0 Å². The summed E-state index contributed by atoms with van der Waals surface area (Å²) in [6.45, 7) is 3.82. The lowest BCUT2D eigenvalue weighted by Crippen LogP contribution is -2.48. The molecule has 1 aromatic heterocycles. The summed E-state index contributed by atoms with van der Waals surface area (Å²) in [5.74, 6) is -0.935. The Morgan fingerprint density at radius 3 is 2.62 bits per heavy atom. The first kappa shape index (κ1) is 15.0. The number of para-hydroxylation sites is 1. The van der Waals surface area contributed by atoms with E-state index in [1.165, 1.54) is 0 Å². The van der Waals surface area contributed by atoms with Crippen molar-refractivity contribution in [3.63, 3.8) is 0 Å². The minimum absolute atomic E-state index is 0.0214. The highest BCUT2D eigenvalue weighted by molar-refractivity contribution is 5.97. The third kappa shape index (κ3) is 3.37. The number of hydrogen-bond donors (Lipinski definition) is 2. The number of aromatic nitrogens is 1. The van der Waals surface area contributed by atoms with E-state index in [9.17, 15) is 9.59 Å². The normalized spacial score (nSPS) is 13.6. The molecule has 2 amide bonds. The fourth-order valence-electron chi connectivity index (χ4n) is 2.14. The number of rotatable bonds is 5. The van der Waals surface area contributed by atoms with Crippen molar-refractivity contribution in [1.29, 1.82) is 0 Å². The van der Waals surface area contributed by atoms with Crippen molar-refractivity contribution in [2.45, 2.75) is 26.3 Å². The number of nitrogens with one attached hydrogen (secondary N) is 1. The Kier molecular flexibility index (Phi) is 4.52. The molecule has 0 saturated carbocycles. The van der Waals surface area contributed by atoms with Gasteiger partial charge in [0.2, 0.25) is 5.91 Å². The predicted molar refractivity (Wildman–Crippen MR) is 81.6 cm³/mol. The van der Waals surface area contributed by atoms with Gasteiger partial charge in [-0.05, 0) is 18.1 Å². The standard InChI is InChI=1S/C16H19N3O2/c1-3-10(2)14(15(17)20)19-16(21)13-9-8-11-6-4-5-7-12(11)18-13/h4-10,14H,3H2,1-2H3,(H2,17,20)(H,19,21)/t10-,14+/m1/s1. The molecule has 0 bridgehead atoms. The summed E-state index contributed by atoms with van der Waals surface area (Å²) in [4.78, 5) is 28.0. The van der Waals surface area contributed by atoms with Crippen LogP contribution in [0.15, 0.2) is 36.4 Å². The van der Waals surface area contributed by atoms with E-state index in [1.807, 2.05) is 44.2 Å². The van der Waals surface area contributed by atoms with Crippen LogP contribution >= 0.6 is 0 Å². The van der Waals surface area contributed by atoms with Crippen molar-refractivity contribution in [3.05, 3.63) is 42.1 Å². The molecule has 0 spiro atoms. The molecule has 0 aliphatic carbocycles. The lowest BCUT2D eigenvalue weighted by atomic mass is 9.98. The first-order chi connectivity index (χ1) is 10.0. The van der Waals surface area contributed by atoms with Gasteiger partial charge in [-0.25, -0.2) is 4.98 Å². The Morgan fingerprint density at radius 1 is 1.24 bits per heavy atom. The van der Waals surface area contributed by atoms with Crippen LogP contribution in [0.2, 0.25) is 0 Å². The monoisotopic (exact) mass is 285 g/mol. The Morgan fingerprint density at radius 2 is 1.95 bits per heavy atom. The van der Waals surface area contributed by atoms with Gasteiger partial charge in [-0.3, -0.25) is 9.59 Å². The van der Waals surface area contributed by atoms with Crippen LogP contribution in [-0.4, -0.2) is 22.8 Å². The van der Waals surface area contributed by atoms with E-state index in [2.05, 4.69) is 10.3 Å². The van der Waals surface area contributed by atoms with E-state index in [-0.39, 0.29) is 17.5 Å². The second-order valence-corrected chi connectivity index (χ2v) is 5.13. The first-order valence-electron chi connectivity index (χ1n) is 6.99. The second-order valence-electron chi connectivity index (χ2n) is 5.13. The Hall–Kier alpha value is -2.43. The van der Waals surface area contributed by atoms with E-state index in [4.69, 9.17) is 5.73 Å². The summed E-state index contributed by atoms with van der Waals surface area (Å²) in [5.41, 5.74) is 6.38. The quantitative estimate of drug-likeness (QED) is 0.879. The Bertz CT molecular complexity index is 669. The largest absolute Gasteiger partial charge is 0.368 e. The molecule has 0 saturated heterocycles. The van der Waals surface area contributed by atoms with Gasteiger partial charge in [0.15, 0.2) is 0 Å². The number of pyridine rings is 1. The van der Waals surface area contributed by atoms with Gasteiger partial charge >= 0.3 is 0 Å². The fraction of sp³-hybridized carbons (Fsp3) is 0.312. The molecule has 1 heterocycles. The van der Waals surface area contributed by atoms with Crippen molar-refractivity contribution in [2.75, 3.05) is 0 Å². The maximum absolute atomic E-state index is 12.2. The van der Waals surface area contributed by atoms with Gasteiger partial charge in [0.25, 0.3) is 5.91 Å². The SMILES string of the molecule is CC[C@@H](C)[C@H](NC(=O)c1ccc2ccccc2n1)C(N)=O. The second kappa shape index (κ2) is 6.35. The van der Waals surface area contributed by atoms with Crippen LogP contribution in [-0.2, 0) is 4.79 Å². The van der Waals surface area contributed by atoms with E-state index in [0.29, 0.717) is 0 Å². The number of amides is 2. The zero-order valence-electron chi connectivity index (χ0n) is 12.2. The minimum Gasteiger partial charge on any atom is -0.368 e. The van der Waals surface area contributed by atoms with Gasteiger partial charge in [-0.1, -0.05) is 44.5 Å². The van der Waals surface area contributed by atoms with Crippen LogP contribution in [0.1, 0.15) is 30.8 Å². The van der Waals surface area contributed by atoms with Crippen LogP contribution in [0, 0.1) is 5.92 Å². The molecular formula is C16H19N3O2. The first-order valence-corrected chi connectivity index (χ1v) is 6.99. The summed E-state index contributed by atoms with van der Waals surface area (Å²) in [7, 11) is 0. The molecule has 5 heteroatoms. The Labute approximate surface area is 123 Å². The molecule has 2 aromatic rings. The lowest BCUT2D eigenvalue weighted by molar-refractivity contribution is -0.120. The van der Waals surface area contributed by atoms with Crippen molar-refractivity contribution in [1.82, 2.24) is 10.3 Å². The van der Waals surface area contributed by atoms with E-state index in [0.717, 1.165) is 17.3 Å². The molecule has 0 radical (unpaired) electrons. The molecule has 21 heavy (non-hydrogen) atoms. The molecule has 0 unspecified atom stereocenters. The van der Waals surface area contributed by atoms with Crippen molar-refractivity contribution in [2.24, 2.45) is 11.7 Å². The molecule has 2 rings (SSSR count). The number of nitrogens with zero attached hydrogens (tertiary/aromatic N) is 1. The summed E-state index contributed by atoms with van der Waals surface area (Å²) < 4.78 is 0. The molecule has 0 aliphatic rings. The maximum Gasteiger partial charge on any atom is 0.270 e. The summed E-state index contributed by atoms with van der Waals surface area (Å²) in [5, 5.41) is 3.63. The third-order valence-electron chi connectivity index (χ3n) is 3.64. The van der Waals surface area contributed by atoms with Crippen LogP contribution in [0.3, 0.4) is 0 Å². The third-order valence-corrected chi connectivity index (χ3v) is 3.64. The average Bonchev–Trinajstić information content (AvgIpc) is 2.50. The molecule has 2 atom stereocenters. The molecule has 3 N–H and O–H groups in total. The highest BCUT2D eigenvalue weighted by Gasteiger charge is 2.24. The number of carbonyl (C=O) groups excluding carboxylic acids is 2. The molecule has 5 nitrogen and oxygen atoms in total. The van der Waals surface area contributed by atoms with Crippen LogP contribution in [0.4, 0.5) is 0 Å². The summed E-state index contributed by atoms with van der Waals surface area (Å²) in [6.07, 6.45) is 0.749. The van der Waals surface area contributed by atoms with E-state index >= 15 is 0 Å². The number of benzene rings is 1. The summed E-state index contributed by atoms with van der Waals surface area (Å²) in [6, 6.07) is 10.3. The zero-order chi connectivity index (χ0) is 15.4. The molecule has 110 valence electrons. The average molecular weight is 285 g/mol.